The summed E-state index contributed by atoms with van der Waals surface area (Å²) in [5.41, 5.74) is 7.68. The molecule has 0 unspecified atom stereocenters. The minimum absolute atomic E-state index is 0.0690. The average molecular weight is 250 g/mol. The van der Waals surface area contributed by atoms with Crippen molar-refractivity contribution in [1.29, 1.82) is 0 Å². The zero-order chi connectivity index (χ0) is 13.7. The molecule has 0 saturated heterocycles. The van der Waals surface area contributed by atoms with Crippen LogP contribution in [0.1, 0.15) is 22.8 Å². The third-order valence-corrected chi connectivity index (χ3v) is 2.54. The van der Waals surface area contributed by atoms with Crippen molar-refractivity contribution in [2.24, 2.45) is 0 Å². The van der Waals surface area contributed by atoms with E-state index in [0.29, 0.717) is 17.9 Å². The van der Waals surface area contributed by atoms with Crippen molar-refractivity contribution in [3.05, 3.63) is 29.3 Å². The van der Waals surface area contributed by atoms with Crippen molar-refractivity contribution in [1.82, 2.24) is 4.90 Å². The lowest BCUT2D eigenvalue weighted by Gasteiger charge is -2.16. The van der Waals surface area contributed by atoms with Crippen LogP contribution in [0.3, 0.4) is 0 Å². The van der Waals surface area contributed by atoms with Crippen molar-refractivity contribution in [3.63, 3.8) is 0 Å². The Morgan fingerprint density at radius 1 is 1.39 bits per heavy atom. The zero-order valence-electron chi connectivity index (χ0n) is 10.9. The molecular weight excluding hydrogens is 232 g/mol. The number of anilines is 1. The fourth-order valence-corrected chi connectivity index (χ4v) is 1.47. The van der Waals surface area contributed by atoms with E-state index < -0.39 is 5.97 Å². The average Bonchev–Trinajstić information content (AvgIpc) is 2.32. The highest BCUT2D eigenvalue weighted by molar-refractivity contribution is 5.96. The van der Waals surface area contributed by atoms with Crippen LogP contribution in [0.25, 0.3) is 0 Å². The van der Waals surface area contributed by atoms with Gasteiger partial charge in [-0.3, -0.25) is 9.59 Å². The lowest BCUT2D eigenvalue weighted by Crippen LogP contribution is -2.33. The Hall–Kier alpha value is -2.04. The number of hydrogen-bond acceptors (Lipinski definition) is 4. The second-order valence-corrected chi connectivity index (χ2v) is 4.04. The van der Waals surface area contributed by atoms with Crippen molar-refractivity contribution in [3.8, 4) is 0 Å². The summed E-state index contributed by atoms with van der Waals surface area (Å²) in [6.07, 6.45) is 0. The molecule has 0 bridgehead atoms. The summed E-state index contributed by atoms with van der Waals surface area (Å²) < 4.78 is 4.78. The van der Waals surface area contributed by atoms with Gasteiger partial charge in [-0.2, -0.15) is 0 Å². The van der Waals surface area contributed by atoms with E-state index in [2.05, 4.69) is 0 Å². The van der Waals surface area contributed by atoms with Crippen molar-refractivity contribution >= 4 is 17.6 Å². The SMILES string of the molecule is CCOC(=O)CN(C)C(=O)c1ccc(C)c(N)c1. The van der Waals surface area contributed by atoms with Gasteiger partial charge in [0, 0.05) is 18.3 Å². The molecule has 1 amide bonds. The number of esters is 1. The first-order chi connectivity index (χ1) is 8.45. The topological polar surface area (TPSA) is 72.6 Å². The number of amides is 1. The summed E-state index contributed by atoms with van der Waals surface area (Å²) in [5, 5.41) is 0. The van der Waals surface area contributed by atoms with Gasteiger partial charge in [-0.1, -0.05) is 6.07 Å². The molecule has 5 nitrogen and oxygen atoms in total. The van der Waals surface area contributed by atoms with Gasteiger partial charge in [-0.25, -0.2) is 0 Å². The summed E-state index contributed by atoms with van der Waals surface area (Å²) in [6.45, 7) is 3.82. The van der Waals surface area contributed by atoms with E-state index in [4.69, 9.17) is 10.5 Å². The van der Waals surface area contributed by atoms with Gasteiger partial charge in [-0.15, -0.1) is 0 Å². The number of hydrogen-bond donors (Lipinski definition) is 1. The molecule has 18 heavy (non-hydrogen) atoms. The molecule has 2 N–H and O–H groups in total. The first-order valence-corrected chi connectivity index (χ1v) is 5.73. The van der Waals surface area contributed by atoms with E-state index >= 15 is 0 Å². The minimum Gasteiger partial charge on any atom is -0.465 e. The molecule has 0 saturated carbocycles. The van der Waals surface area contributed by atoms with E-state index in [9.17, 15) is 9.59 Å². The monoisotopic (exact) mass is 250 g/mol. The Labute approximate surface area is 107 Å². The van der Waals surface area contributed by atoms with Gasteiger partial charge in [-0.05, 0) is 31.5 Å². The smallest absolute Gasteiger partial charge is 0.325 e. The predicted molar refractivity (Wildman–Crippen MR) is 69.2 cm³/mol. The van der Waals surface area contributed by atoms with Gasteiger partial charge in [0.2, 0.25) is 0 Å². The zero-order valence-corrected chi connectivity index (χ0v) is 10.9. The van der Waals surface area contributed by atoms with Gasteiger partial charge in [0.05, 0.1) is 6.61 Å². The molecule has 0 aliphatic heterocycles. The molecule has 0 fully saturated rings. The Balaban J connectivity index is 2.74. The summed E-state index contributed by atoms with van der Waals surface area (Å²) in [6, 6.07) is 5.08. The highest BCUT2D eigenvalue weighted by Gasteiger charge is 2.15. The predicted octanol–water partition coefficient (Wildman–Crippen LogP) is 1.21. The Kier molecular flexibility index (Phi) is 4.71. The molecule has 0 aliphatic carbocycles. The summed E-state index contributed by atoms with van der Waals surface area (Å²) in [4.78, 5) is 24.6. The number of benzene rings is 1. The molecule has 0 heterocycles. The van der Waals surface area contributed by atoms with Crippen LogP contribution in [0, 0.1) is 6.92 Å². The van der Waals surface area contributed by atoms with Crippen LogP contribution >= 0.6 is 0 Å². The Bertz CT molecular complexity index is 458. The largest absolute Gasteiger partial charge is 0.465 e. The van der Waals surface area contributed by atoms with Crippen LogP contribution in [0.5, 0.6) is 0 Å². The van der Waals surface area contributed by atoms with Crippen LogP contribution < -0.4 is 5.73 Å². The Morgan fingerprint density at radius 2 is 2.06 bits per heavy atom. The molecule has 0 atom stereocenters. The third-order valence-electron chi connectivity index (χ3n) is 2.54. The summed E-state index contributed by atoms with van der Waals surface area (Å²) in [7, 11) is 1.55. The van der Waals surface area contributed by atoms with Crippen LogP contribution in [0.15, 0.2) is 18.2 Å². The van der Waals surface area contributed by atoms with E-state index in [1.165, 1.54) is 4.90 Å². The number of ether oxygens (including phenoxy) is 1. The molecule has 0 aliphatic rings. The van der Waals surface area contributed by atoms with Gasteiger partial charge >= 0.3 is 5.97 Å². The quantitative estimate of drug-likeness (QED) is 0.644. The summed E-state index contributed by atoms with van der Waals surface area (Å²) >= 11 is 0. The van der Waals surface area contributed by atoms with E-state index in [1.54, 1.807) is 32.2 Å². The van der Waals surface area contributed by atoms with Crippen molar-refractivity contribution < 1.29 is 14.3 Å². The van der Waals surface area contributed by atoms with Gasteiger partial charge in [0.25, 0.3) is 5.91 Å². The number of aryl methyl sites for hydroxylation is 1. The van der Waals surface area contributed by atoms with Gasteiger partial charge in [0.15, 0.2) is 0 Å². The number of nitrogen functional groups attached to an aromatic ring is 1. The second kappa shape index (κ2) is 6.05. The number of likely N-dealkylation sites (N-methyl/N-ethyl adjacent to an activating group) is 1. The fraction of sp³-hybridized carbons (Fsp3) is 0.385. The lowest BCUT2D eigenvalue weighted by atomic mass is 10.1. The van der Waals surface area contributed by atoms with Gasteiger partial charge < -0.3 is 15.4 Å². The normalized spacial score (nSPS) is 9.94. The van der Waals surface area contributed by atoms with Crippen LogP contribution in [0.4, 0.5) is 5.69 Å². The number of carbonyl (C=O) groups is 2. The van der Waals surface area contributed by atoms with Gasteiger partial charge in [0.1, 0.15) is 6.54 Å². The summed E-state index contributed by atoms with van der Waals surface area (Å²) in [5.74, 6) is -0.678. The standard InChI is InChI=1S/C13H18N2O3/c1-4-18-12(16)8-15(3)13(17)10-6-5-9(2)11(14)7-10/h5-7H,4,8,14H2,1-3H3. The van der Waals surface area contributed by atoms with Crippen LogP contribution in [-0.2, 0) is 9.53 Å². The molecule has 98 valence electrons. The number of nitrogens with two attached hydrogens (primary N) is 1. The molecule has 1 rings (SSSR count). The number of nitrogens with zero attached hydrogens (tertiary/aromatic N) is 1. The maximum Gasteiger partial charge on any atom is 0.325 e. The van der Waals surface area contributed by atoms with Crippen LogP contribution in [0.2, 0.25) is 0 Å². The molecule has 1 aromatic carbocycles. The highest BCUT2D eigenvalue weighted by atomic mass is 16.5. The molecule has 1 aromatic rings. The molecule has 0 spiro atoms. The minimum atomic E-state index is -0.423. The molecule has 0 radical (unpaired) electrons. The van der Waals surface area contributed by atoms with Crippen molar-refractivity contribution in [2.45, 2.75) is 13.8 Å². The first-order valence-electron chi connectivity index (χ1n) is 5.73. The molecule has 5 heteroatoms. The lowest BCUT2D eigenvalue weighted by molar-refractivity contribution is -0.143. The molecular formula is C13H18N2O3. The van der Waals surface area contributed by atoms with E-state index in [0.717, 1.165) is 5.56 Å². The first kappa shape index (κ1) is 14.0. The maximum absolute atomic E-state index is 12.0. The van der Waals surface area contributed by atoms with E-state index in [-0.39, 0.29) is 12.5 Å². The highest BCUT2D eigenvalue weighted by Crippen LogP contribution is 2.14. The van der Waals surface area contributed by atoms with E-state index in [1.807, 2.05) is 6.92 Å². The fourth-order valence-electron chi connectivity index (χ4n) is 1.47. The third kappa shape index (κ3) is 3.48. The van der Waals surface area contributed by atoms with Crippen molar-refractivity contribution in [2.75, 3.05) is 25.9 Å². The number of rotatable bonds is 4. The van der Waals surface area contributed by atoms with Crippen LogP contribution in [-0.4, -0.2) is 37.0 Å². The Morgan fingerprint density at radius 3 is 2.61 bits per heavy atom. The number of carbonyl (C=O) groups excluding carboxylic acids is 2. The second-order valence-electron chi connectivity index (χ2n) is 4.04. The maximum atomic E-state index is 12.0. The molecule has 0 aromatic heterocycles.